The minimum absolute atomic E-state index is 0.0675. The normalized spacial score (nSPS) is 9.88. The predicted octanol–water partition coefficient (Wildman–Crippen LogP) is -0.103. The number of hydrogen-bond donors (Lipinski definition) is 2. The standard InChI is InChI=1S/C11H17N4OS/c12-11(13)14-5-9-17-10(16)4-8-15-6-2-1-3-7-15/h1-3,6-7H,4-5,8-9H2,(H4,12,13,14)/q+1. The van der Waals surface area contributed by atoms with Gasteiger partial charge in [-0.15, -0.1) is 0 Å². The molecule has 17 heavy (non-hydrogen) atoms. The van der Waals surface area contributed by atoms with Crippen molar-refractivity contribution in [2.75, 3.05) is 12.3 Å². The maximum absolute atomic E-state index is 11.5. The molecule has 92 valence electrons. The molecular formula is C11H17N4OS+. The Balaban J connectivity index is 2.16. The number of hydrogen-bond acceptors (Lipinski definition) is 3. The van der Waals surface area contributed by atoms with Crippen LogP contribution in [0.4, 0.5) is 0 Å². The van der Waals surface area contributed by atoms with Crippen LogP contribution < -0.4 is 16.0 Å². The van der Waals surface area contributed by atoms with E-state index in [-0.39, 0.29) is 11.1 Å². The Morgan fingerprint density at radius 2 is 1.94 bits per heavy atom. The van der Waals surface area contributed by atoms with Gasteiger partial charge in [0.15, 0.2) is 30.0 Å². The molecule has 0 aliphatic heterocycles. The highest BCUT2D eigenvalue weighted by molar-refractivity contribution is 8.13. The Labute approximate surface area is 105 Å². The first-order valence-corrected chi connectivity index (χ1v) is 6.32. The molecule has 4 N–H and O–H groups in total. The lowest BCUT2D eigenvalue weighted by molar-refractivity contribution is -0.695. The number of thioether (sulfide) groups is 1. The lowest BCUT2D eigenvalue weighted by atomic mass is 10.4. The first-order valence-electron chi connectivity index (χ1n) is 5.33. The van der Waals surface area contributed by atoms with Crippen LogP contribution in [0, 0.1) is 0 Å². The summed E-state index contributed by atoms with van der Waals surface area (Å²) in [6.45, 7) is 1.19. The van der Waals surface area contributed by atoms with Gasteiger partial charge in [-0.3, -0.25) is 9.79 Å². The van der Waals surface area contributed by atoms with Crippen molar-refractivity contribution < 1.29 is 9.36 Å². The molecule has 0 fully saturated rings. The van der Waals surface area contributed by atoms with Crippen LogP contribution in [-0.4, -0.2) is 23.4 Å². The van der Waals surface area contributed by atoms with Crippen LogP contribution in [-0.2, 0) is 11.3 Å². The second kappa shape index (κ2) is 7.67. The number of aliphatic imine (C=N–C) groups is 1. The van der Waals surface area contributed by atoms with E-state index in [0.717, 1.165) is 0 Å². The monoisotopic (exact) mass is 253 g/mol. The average Bonchev–Trinajstić information content (AvgIpc) is 2.33. The summed E-state index contributed by atoms with van der Waals surface area (Å²) in [5.74, 6) is 0.689. The van der Waals surface area contributed by atoms with Gasteiger partial charge < -0.3 is 11.5 Å². The summed E-state index contributed by atoms with van der Waals surface area (Å²) in [7, 11) is 0. The summed E-state index contributed by atoms with van der Waals surface area (Å²) in [4.78, 5) is 15.3. The minimum Gasteiger partial charge on any atom is -0.370 e. The largest absolute Gasteiger partial charge is 0.370 e. The first kappa shape index (κ1) is 13.5. The fraction of sp³-hybridized carbons (Fsp3) is 0.364. The van der Waals surface area contributed by atoms with Gasteiger partial charge in [0.1, 0.15) is 0 Å². The van der Waals surface area contributed by atoms with E-state index in [1.54, 1.807) is 0 Å². The molecule has 1 rings (SSSR count). The van der Waals surface area contributed by atoms with Gasteiger partial charge in [-0.25, -0.2) is 4.57 Å². The van der Waals surface area contributed by atoms with E-state index in [4.69, 9.17) is 11.5 Å². The highest BCUT2D eigenvalue weighted by Crippen LogP contribution is 2.04. The molecular weight excluding hydrogens is 236 g/mol. The van der Waals surface area contributed by atoms with Gasteiger partial charge in [0, 0.05) is 17.9 Å². The van der Waals surface area contributed by atoms with Crippen LogP contribution in [0.2, 0.25) is 0 Å². The van der Waals surface area contributed by atoms with Crippen LogP contribution in [0.3, 0.4) is 0 Å². The summed E-state index contributed by atoms with van der Waals surface area (Å²) in [5, 5.41) is 0.159. The molecule has 0 bridgehead atoms. The smallest absolute Gasteiger partial charge is 0.195 e. The lowest BCUT2D eigenvalue weighted by Gasteiger charge is -1.97. The van der Waals surface area contributed by atoms with E-state index in [0.29, 0.717) is 25.3 Å². The summed E-state index contributed by atoms with van der Waals surface area (Å²) in [6, 6.07) is 5.83. The molecule has 6 heteroatoms. The van der Waals surface area contributed by atoms with E-state index in [2.05, 4.69) is 4.99 Å². The molecule has 0 amide bonds. The molecule has 0 saturated carbocycles. The van der Waals surface area contributed by atoms with Gasteiger partial charge in [-0.05, 0) is 0 Å². The van der Waals surface area contributed by atoms with Crippen LogP contribution in [0.5, 0.6) is 0 Å². The molecule has 1 aromatic rings. The molecule has 0 aliphatic carbocycles. The third-order valence-electron chi connectivity index (χ3n) is 2.00. The van der Waals surface area contributed by atoms with Crippen LogP contribution >= 0.6 is 11.8 Å². The van der Waals surface area contributed by atoms with Crippen molar-refractivity contribution >= 4 is 22.8 Å². The van der Waals surface area contributed by atoms with Crippen LogP contribution in [0.1, 0.15) is 6.42 Å². The molecule has 0 radical (unpaired) electrons. The van der Waals surface area contributed by atoms with E-state index < -0.39 is 0 Å². The van der Waals surface area contributed by atoms with Crippen molar-refractivity contribution in [1.82, 2.24) is 0 Å². The fourth-order valence-electron chi connectivity index (χ4n) is 1.21. The summed E-state index contributed by atoms with van der Waals surface area (Å²) in [6.07, 6.45) is 4.40. The highest BCUT2D eigenvalue weighted by atomic mass is 32.2. The molecule has 0 aromatic carbocycles. The number of guanidine groups is 1. The zero-order chi connectivity index (χ0) is 12.5. The fourth-order valence-corrected chi connectivity index (χ4v) is 1.86. The molecule has 1 aromatic heterocycles. The molecule has 5 nitrogen and oxygen atoms in total. The zero-order valence-electron chi connectivity index (χ0n) is 9.58. The van der Waals surface area contributed by atoms with Gasteiger partial charge in [0.05, 0.1) is 13.0 Å². The van der Waals surface area contributed by atoms with Gasteiger partial charge in [0.2, 0.25) is 0 Å². The Bertz CT molecular complexity index is 376. The molecule has 0 atom stereocenters. The maximum Gasteiger partial charge on any atom is 0.195 e. The number of nitrogens with two attached hydrogens (primary N) is 2. The SMILES string of the molecule is NC(N)=NCCSC(=O)CC[n+]1ccccc1. The molecule has 0 saturated heterocycles. The van der Waals surface area contributed by atoms with Crippen LogP contribution in [0.15, 0.2) is 35.6 Å². The van der Waals surface area contributed by atoms with Crippen molar-refractivity contribution in [1.29, 1.82) is 0 Å². The van der Waals surface area contributed by atoms with E-state index in [1.165, 1.54) is 11.8 Å². The lowest BCUT2D eigenvalue weighted by Crippen LogP contribution is -2.33. The third kappa shape index (κ3) is 6.57. The van der Waals surface area contributed by atoms with Gasteiger partial charge in [-0.1, -0.05) is 17.8 Å². The number of aryl methyl sites for hydroxylation is 1. The molecule has 0 aliphatic rings. The van der Waals surface area contributed by atoms with Crippen LogP contribution in [0.25, 0.3) is 0 Å². The molecule has 1 heterocycles. The Morgan fingerprint density at radius 3 is 2.59 bits per heavy atom. The summed E-state index contributed by atoms with van der Waals surface area (Å²) < 4.78 is 1.98. The number of carbonyl (C=O) groups is 1. The van der Waals surface area contributed by atoms with E-state index >= 15 is 0 Å². The van der Waals surface area contributed by atoms with E-state index in [1.807, 2.05) is 35.2 Å². The van der Waals surface area contributed by atoms with E-state index in [9.17, 15) is 4.79 Å². The van der Waals surface area contributed by atoms with Crippen molar-refractivity contribution in [3.05, 3.63) is 30.6 Å². The Kier molecular flexibility index (Phi) is 6.09. The number of nitrogens with zero attached hydrogens (tertiary/aromatic N) is 2. The number of pyridine rings is 1. The summed E-state index contributed by atoms with van der Waals surface area (Å²) in [5.41, 5.74) is 10.3. The van der Waals surface area contributed by atoms with Crippen molar-refractivity contribution in [3.8, 4) is 0 Å². The maximum atomic E-state index is 11.5. The van der Waals surface area contributed by atoms with Gasteiger partial charge in [0.25, 0.3) is 0 Å². The third-order valence-corrected chi connectivity index (χ3v) is 2.91. The second-order valence-corrected chi connectivity index (χ2v) is 4.54. The summed E-state index contributed by atoms with van der Waals surface area (Å²) >= 11 is 1.27. The number of aromatic nitrogens is 1. The number of rotatable bonds is 6. The topological polar surface area (TPSA) is 85.3 Å². The average molecular weight is 253 g/mol. The predicted molar refractivity (Wildman–Crippen MR) is 69.4 cm³/mol. The van der Waals surface area contributed by atoms with Crippen molar-refractivity contribution in [3.63, 3.8) is 0 Å². The Morgan fingerprint density at radius 1 is 1.24 bits per heavy atom. The zero-order valence-corrected chi connectivity index (χ0v) is 10.4. The van der Waals surface area contributed by atoms with Crippen molar-refractivity contribution in [2.24, 2.45) is 16.5 Å². The first-order chi connectivity index (χ1) is 8.18. The quantitative estimate of drug-likeness (QED) is 0.321. The Hall–Kier alpha value is -1.56. The minimum atomic E-state index is 0.0675. The van der Waals surface area contributed by atoms with Gasteiger partial charge in [-0.2, -0.15) is 0 Å². The van der Waals surface area contributed by atoms with Crippen molar-refractivity contribution in [2.45, 2.75) is 13.0 Å². The number of carbonyl (C=O) groups excluding carboxylic acids is 1. The molecule has 0 unspecified atom stereocenters. The second-order valence-electron chi connectivity index (χ2n) is 3.39. The molecule has 0 spiro atoms. The highest BCUT2D eigenvalue weighted by Gasteiger charge is 2.06. The van der Waals surface area contributed by atoms with Gasteiger partial charge >= 0.3 is 0 Å².